The number of hydrogen-bond acceptors (Lipinski definition) is 3. The monoisotopic (exact) mass is 226 g/mol. The average Bonchev–Trinajstić information content (AvgIpc) is 2.77. The van der Waals surface area contributed by atoms with Crippen molar-refractivity contribution in [2.45, 2.75) is 25.2 Å². The van der Waals surface area contributed by atoms with E-state index in [1.54, 1.807) is 6.20 Å². The lowest BCUT2D eigenvalue weighted by molar-refractivity contribution is 0.225. The maximum atomic E-state index is 13.4. The molecular weight excluding hydrogens is 207 g/mol. The summed E-state index contributed by atoms with van der Waals surface area (Å²) >= 11 is 0. The van der Waals surface area contributed by atoms with Crippen LogP contribution in [0.4, 0.5) is 4.39 Å². The number of nitrogens with one attached hydrogen (secondary N) is 1. The molecule has 0 aliphatic carbocycles. The molecular formula is C11H19FN4. The smallest absolute Gasteiger partial charge is 0.122 e. The number of aromatic nitrogens is 2. The number of likely N-dealkylation sites (tertiary alicyclic amines) is 1. The number of imidazole rings is 1. The Morgan fingerprint density at radius 1 is 1.62 bits per heavy atom. The van der Waals surface area contributed by atoms with Gasteiger partial charge >= 0.3 is 0 Å². The van der Waals surface area contributed by atoms with Gasteiger partial charge in [0.25, 0.3) is 0 Å². The van der Waals surface area contributed by atoms with Gasteiger partial charge in [-0.25, -0.2) is 9.37 Å². The Hall–Kier alpha value is -0.940. The van der Waals surface area contributed by atoms with Crippen LogP contribution in [0.25, 0.3) is 0 Å². The summed E-state index contributed by atoms with van der Waals surface area (Å²) < 4.78 is 15.4. The van der Waals surface area contributed by atoms with Crippen molar-refractivity contribution < 1.29 is 4.39 Å². The van der Waals surface area contributed by atoms with Gasteiger partial charge in [0.15, 0.2) is 0 Å². The molecule has 0 amide bonds. The highest BCUT2D eigenvalue weighted by Gasteiger charge is 2.31. The number of hydrogen-bond donors (Lipinski definition) is 1. The van der Waals surface area contributed by atoms with E-state index in [0.29, 0.717) is 13.0 Å². The number of rotatable bonds is 4. The summed E-state index contributed by atoms with van der Waals surface area (Å²) in [5.41, 5.74) is 0. The second kappa shape index (κ2) is 4.93. The fraction of sp³-hybridized carbons (Fsp3) is 0.727. The van der Waals surface area contributed by atoms with E-state index in [1.807, 2.05) is 24.9 Å². The second-order valence-electron chi connectivity index (χ2n) is 4.43. The van der Waals surface area contributed by atoms with Crippen LogP contribution in [0.15, 0.2) is 12.4 Å². The van der Waals surface area contributed by atoms with Gasteiger partial charge in [0.1, 0.15) is 12.0 Å². The van der Waals surface area contributed by atoms with Crippen molar-refractivity contribution in [3.8, 4) is 0 Å². The van der Waals surface area contributed by atoms with E-state index in [-0.39, 0.29) is 6.04 Å². The maximum Gasteiger partial charge on any atom is 0.122 e. The zero-order chi connectivity index (χ0) is 11.5. The van der Waals surface area contributed by atoms with Gasteiger partial charge < -0.3 is 9.88 Å². The molecule has 5 heteroatoms. The molecule has 0 unspecified atom stereocenters. The Labute approximate surface area is 95.5 Å². The molecule has 0 aromatic carbocycles. The summed E-state index contributed by atoms with van der Waals surface area (Å²) in [5, 5.41) is 3.12. The molecule has 90 valence electrons. The molecule has 2 heterocycles. The lowest BCUT2D eigenvalue weighted by atomic mass is 10.2. The predicted octanol–water partition coefficient (Wildman–Crippen LogP) is 0.552. The lowest BCUT2D eigenvalue weighted by Gasteiger charge is -2.23. The zero-order valence-corrected chi connectivity index (χ0v) is 9.86. The van der Waals surface area contributed by atoms with E-state index in [9.17, 15) is 4.39 Å². The van der Waals surface area contributed by atoms with E-state index in [0.717, 1.165) is 18.9 Å². The molecule has 0 spiro atoms. The minimum atomic E-state index is -0.696. The van der Waals surface area contributed by atoms with Gasteiger partial charge in [-0.05, 0) is 13.5 Å². The number of halogens is 1. The van der Waals surface area contributed by atoms with Crippen LogP contribution in [-0.4, -0.2) is 46.8 Å². The molecule has 4 nitrogen and oxygen atoms in total. The standard InChI is InChI=1S/C11H19FN4/c1-13-6-10-5-9(12)7-16(10)8-11-14-3-4-15(11)2/h3-4,9-10,13H,5-8H2,1-2H3/t9-,10-/m1/s1. The normalized spacial score (nSPS) is 26.4. The van der Waals surface area contributed by atoms with Gasteiger partial charge in [0, 0.05) is 38.6 Å². The Bertz CT molecular complexity index is 338. The zero-order valence-electron chi connectivity index (χ0n) is 9.86. The first-order valence-corrected chi connectivity index (χ1v) is 5.69. The molecule has 1 N–H and O–H groups in total. The third-order valence-electron chi connectivity index (χ3n) is 3.18. The molecule has 0 saturated carbocycles. The maximum absolute atomic E-state index is 13.4. The molecule has 1 saturated heterocycles. The number of aryl methyl sites for hydroxylation is 1. The highest BCUT2D eigenvalue weighted by atomic mass is 19.1. The summed E-state index contributed by atoms with van der Waals surface area (Å²) in [5.74, 6) is 0.996. The Morgan fingerprint density at radius 2 is 2.44 bits per heavy atom. The van der Waals surface area contributed by atoms with E-state index in [1.165, 1.54) is 0 Å². The molecule has 2 atom stereocenters. The first-order valence-electron chi connectivity index (χ1n) is 5.69. The van der Waals surface area contributed by atoms with Gasteiger partial charge in [-0.15, -0.1) is 0 Å². The van der Waals surface area contributed by atoms with Gasteiger partial charge in [-0.1, -0.05) is 0 Å². The molecule has 1 fully saturated rings. The van der Waals surface area contributed by atoms with Crippen molar-refractivity contribution in [1.29, 1.82) is 0 Å². The molecule has 0 radical (unpaired) electrons. The average molecular weight is 226 g/mol. The van der Waals surface area contributed by atoms with Crippen molar-refractivity contribution >= 4 is 0 Å². The van der Waals surface area contributed by atoms with Crippen molar-refractivity contribution in [2.24, 2.45) is 7.05 Å². The molecule has 16 heavy (non-hydrogen) atoms. The molecule has 0 bridgehead atoms. The minimum Gasteiger partial charge on any atom is -0.337 e. The fourth-order valence-corrected chi connectivity index (χ4v) is 2.29. The van der Waals surface area contributed by atoms with Crippen molar-refractivity contribution in [3.63, 3.8) is 0 Å². The van der Waals surface area contributed by atoms with E-state index in [4.69, 9.17) is 0 Å². The van der Waals surface area contributed by atoms with Crippen LogP contribution in [0.1, 0.15) is 12.2 Å². The van der Waals surface area contributed by atoms with E-state index >= 15 is 0 Å². The Kier molecular flexibility index (Phi) is 3.56. The van der Waals surface area contributed by atoms with Crippen LogP contribution in [0.3, 0.4) is 0 Å². The summed E-state index contributed by atoms with van der Waals surface area (Å²) in [7, 11) is 3.88. The van der Waals surface area contributed by atoms with Crippen molar-refractivity contribution in [3.05, 3.63) is 18.2 Å². The third kappa shape index (κ3) is 2.41. The minimum absolute atomic E-state index is 0.289. The van der Waals surface area contributed by atoms with Gasteiger partial charge in [-0.2, -0.15) is 0 Å². The molecule has 1 aliphatic heterocycles. The molecule has 2 rings (SSSR count). The van der Waals surface area contributed by atoms with Gasteiger partial charge in [0.05, 0.1) is 6.54 Å². The van der Waals surface area contributed by atoms with Crippen molar-refractivity contribution in [1.82, 2.24) is 19.8 Å². The summed E-state index contributed by atoms with van der Waals surface area (Å²) in [6.45, 7) is 2.10. The highest BCUT2D eigenvalue weighted by molar-refractivity contribution is 4.95. The number of nitrogens with zero attached hydrogens (tertiary/aromatic N) is 3. The van der Waals surface area contributed by atoms with Crippen LogP contribution >= 0.6 is 0 Å². The summed E-state index contributed by atoms with van der Waals surface area (Å²) in [6.07, 6.45) is 3.64. The molecule has 1 aliphatic rings. The van der Waals surface area contributed by atoms with Crippen LogP contribution < -0.4 is 5.32 Å². The van der Waals surface area contributed by atoms with Gasteiger partial charge in [-0.3, -0.25) is 4.90 Å². The van der Waals surface area contributed by atoms with Crippen LogP contribution in [0.2, 0.25) is 0 Å². The van der Waals surface area contributed by atoms with E-state index in [2.05, 4.69) is 15.2 Å². The first-order chi connectivity index (χ1) is 7.70. The SMILES string of the molecule is CNC[C@H]1C[C@@H](F)CN1Cc1nccn1C. The highest BCUT2D eigenvalue weighted by Crippen LogP contribution is 2.21. The third-order valence-corrected chi connectivity index (χ3v) is 3.18. The van der Waals surface area contributed by atoms with Crippen LogP contribution in [0, 0.1) is 0 Å². The Morgan fingerprint density at radius 3 is 3.06 bits per heavy atom. The topological polar surface area (TPSA) is 33.1 Å². The number of likely N-dealkylation sites (N-methyl/N-ethyl adjacent to an activating group) is 1. The second-order valence-corrected chi connectivity index (χ2v) is 4.43. The predicted molar refractivity (Wildman–Crippen MR) is 60.8 cm³/mol. The Balaban J connectivity index is 2.00. The van der Waals surface area contributed by atoms with E-state index < -0.39 is 6.17 Å². The summed E-state index contributed by atoms with van der Waals surface area (Å²) in [6, 6.07) is 0.289. The fourth-order valence-electron chi connectivity index (χ4n) is 2.29. The largest absolute Gasteiger partial charge is 0.337 e. The lowest BCUT2D eigenvalue weighted by Crippen LogP contribution is -2.36. The first kappa shape index (κ1) is 11.5. The summed E-state index contributed by atoms with van der Waals surface area (Å²) in [4.78, 5) is 6.45. The quantitative estimate of drug-likeness (QED) is 0.814. The number of alkyl halides is 1. The molecule has 1 aromatic rings. The van der Waals surface area contributed by atoms with Crippen LogP contribution in [0.5, 0.6) is 0 Å². The van der Waals surface area contributed by atoms with Crippen LogP contribution in [-0.2, 0) is 13.6 Å². The van der Waals surface area contributed by atoms with Gasteiger partial charge in [0.2, 0.25) is 0 Å². The van der Waals surface area contributed by atoms with Crippen molar-refractivity contribution in [2.75, 3.05) is 20.1 Å². The molecule has 1 aromatic heterocycles.